The third-order valence-electron chi connectivity index (χ3n) is 2.42. The highest BCUT2D eigenvalue weighted by Crippen LogP contribution is 2.48. The molecule has 0 N–H and O–H groups in total. The Kier molecular flexibility index (Phi) is 2.21. The van der Waals surface area contributed by atoms with Gasteiger partial charge in [-0.3, -0.25) is 0 Å². The van der Waals surface area contributed by atoms with Gasteiger partial charge >= 0.3 is 5.97 Å². The number of hydrogen-bond acceptors (Lipinski definition) is 4. The second-order valence-electron chi connectivity index (χ2n) is 3.57. The molecule has 0 bridgehead atoms. The number of nitrogens with zero attached hydrogens (tertiary/aromatic N) is 1. The van der Waals surface area contributed by atoms with Crippen LogP contribution in [0.15, 0.2) is 10.6 Å². The fraction of sp³-hybridized carbons (Fsp3) is 0.556. The van der Waals surface area contributed by atoms with Crippen molar-refractivity contribution in [1.29, 1.82) is 0 Å². The van der Waals surface area contributed by atoms with E-state index in [0.29, 0.717) is 5.76 Å². The topological polar surface area (TPSA) is 52.3 Å². The minimum atomic E-state index is -2.61. The summed E-state index contributed by atoms with van der Waals surface area (Å²) in [6, 6.07) is 1.35. The van der Waals surface area contributed by atoms with Crippen LogP contribution in [0.1, 0.15) is 35.0 Å². The summed E-state index contributed by atoms with van der Waals surface area (Å²) in [5.74, 6) is -3.26. The van der Waals surface area contributed by atoms with Crippen LogP contribution in [-0.4, -0.2) is 24.2 Å². The van der Waals surface area contributed by atoms with Crippen molar-refractivity contribution in [3.63, 3.8) is 0 Å². The maximum Gasteiger partial charge on any atom is 0.360 e. The van der Waals surface area contributed by atoms with E-state index >= 15 is 0 Å². The summed E-state index contributed by atoms with van der Waals surface area (Å²) in [5.41, 5.74) is 0.0164. The minimum absolute atomic E-state index is 0.0164. The molecule has 0 aliphatic heterocycles. The number of methoxy groups -OCH3 is 1. The highest BCUT2D eigenvalue weighted by molar-refractivity contribution is 5.86. The van der Waals surface area contributed by atoms with E-state index in [9.17, 15) is 13.6 Å². The molecule has 0 saturated heterocycles. The van der Waals surface area contributed by atoms with Gasteiger partial charge in [0.2, 0.25) is 5.92 Å². The molecule has 1 aliphatic carbocycles. The molecule has 15 heavy (non-hydrogen) atoms. The smallest absolute Gasteiger partial charge is 0.360 e. The van der Waals surface area contributed by atoms with E-state index in [2.05, 4.69) is 9.89 Å². The standard InChI is InChI=1S/C9H9F2NO3/c1-14-8(13)6-2-7(15-12-6)5-3-9(10,11)4-5/h2,5H,3-4H2,1H3. The maximum atomic E-state index is 12.6. The summed E-state index contributed by atoms with van der Waals surface area (Å²) in [5, 5.41) is 3.44. The Hall–Kier alpha value is -1.46. The Morgan fingerprint density at radius 2 is 2.33 bits per heavy atom. The molecular formula is C9H9F2NO3. The molecule has 0 radical (unpaired) electrons. The van der Waals surface area contributed by atoms with E-state index < -0.39 is 11.9 Å². The van der Waals surface area contributed by atoms with Gasteiger partial charge in [-0.25, -0.2) is 13.6 Å². The van der Waals surface area contributed by atoms with E-state index in [1.54, 1.807) is 0 Å². The van der Waals surface area contributed by atoms with Crippen molar-refractivity contribution >= 4 is 5.97 Å². The first kappa shape index (κ1) is 10.1. The van der Waals surface area contributed by atoms with E-state index in [1.165, 1.54) is 13.2 Å². The van der Waals surface area contributed by atoms with Crippen LogP contribution in [0, 0.1) is 0 Å². The molecule has 1 heterocycles. The summed E-state index contributed by atoms with van der Waals surface area (Å²) in [7, 11) is 1.22. The molecule has 0 unspecified atom stereocenters. The largest absolute Gasteiger partial charge is 0.464 e. The van der Waals surface area contributed by atoms with E-state index in [-0.39, 0.29) is 24.5 Å². The van der Waals surface area contributed by atoms with Crippen LogP contribution in [-0.2, 0) is 4.74 Å². The number of carbonyl (C=O) groups is 1. The average molecular weight is 217 g/mol. The zero-order chi connectivity index (χ0) is 11.1. The van der Waals surface area contributed by atoms with Crippen LogP contribution >= 0.6 is 0 Å². The van der Waals surface area contributed by atoms with Crippen LogP contribution in [0.25, 0.3) is 0 Å². The van der Waals surface area contributed by atoms with E-state index in [1.807, 2.05) is 0 Å². The quantitative estimate of drug-likeness (QED) is 0.710. The molecule has 0 atom stereocenters. The normalized spacial score (nSPS) is 19.7. The van der Waals surface area contributed by atoms with Crippen LogP contribution in [0.2, 0.25) is 0 Å². The molecule has 0 amide bonds. The number of ether oxygens (including phenoxy) is 1. The first-order chi connectivity index (χ1) is 7.02. The molecule has 2 rings (SSSR count). The predicted molar refractivity (Wildman–Crippen MR) is 44.8 cm³/mol. The van der Waals surface area contributed by atoms with Crippen LogP contribution in [0.3, 0.4) is 0 Å². The van der Waals surface area contributed by atoms with Gasteiger partial charge in [-0.2, -0.15) is 0 Å². The Labute approximate surface area is 84.2 Å². The minimum Gasteiger partial charge on any atom is -0.464 e. The second kappa shape index (κ2) is 3.29. The first-order valence-electron chi connectivity index (χ1n) is 4.44. The highest BCUT2D eigenvalue weighted by atomic mass is 19.3. The first-order valence-corrected chi connectivity index (χ1v) is 4.44. The predicted octanol–water partition coefficient (Wildman–Crippen LogP) is 1.97. The number of esters is 1. The highest BCUT2D eigenvalue weighted by Gasteiger charge is 2.47. The number of hydrogen-bond donors (Lipinski definition) is 0. The average Bonchev–Trinajstić information content (AvgIpc) is 2.61. The van der Waals surface area contributed by atoms with E-state index in [0.717, 1.165) is 0 Å². The molecule has 1 saturated carbocycles. The number of aromatic nitrogens is 1. The van der Waals surface area contributed by atoms with Gasteiger partial charge in [-0.1, -0.05) is 5.16 Å². The molecular weight excluding hydrogens is 208 g/mol. The van der Waals surface area contributed by atoms with Gasteiger partial charge in [-0.05, 0) is 0 Å². The molecule has 1 aromatic rings. The van der Waals surface area contributed by atoms with Crippen LogP contribution in [0.5, 0.6) is 0 Å². The molecule has 1 aliphatic rings. The number of alkyl halides is 2. The fourth-order valence-corrected chi connectivity index (χ4v) is 1.54. The molecule has 1 aromatic heterocycles. The van der Waals surface area contributed by atoms with E-state index in [4.69, 9.17) is 4.52 Å². The van der Waals surface area contributed by atoms with Crippen molar-refractivity contribution in [2.45, 2.75) is 24.7 Å². The lowest BCUT2D eigenvalue weighted by molar-refractivity contribution is -0.0915. The molecule has 1 fully saturated rings. The second-order valence-corrected chi connectivity index (χ2v) is 3.57. The van der Waals surface area contributed by atoms with Gasteiger partial charge in [0.1, 0.15) is 5.76 Å². The summed E-state index contributed by atoms with van der Waals surface area (Å²) >= 11 is 0. The van der Waals surface area contributed by atoms with Crippen molar-refractivity contribution in [1.82, 2.24) is 5.16 Å². The van der Waals surface area contributed by atoms with Crippen molar-refractivity contribution in [2.75, 3.05) is 7.11 Å². The molecule has 4 nitrogen and oxygen atoms in total. The Bertz CT molecular complexity index is 380. The van der Waals surface area contributed by atoms with Crippen molar-refractivity contribution in [2.24, 2.45) is 0 Å². The third kappa shape index (κ3) is 1.84. The van der Waals surface area contributed by atoms with Gasteiger partial charge in [0.25, 0.3) is 0 Å². The lowest BCUT2D eigenvalue weighted by Gasteiger charge is -2.32. The lowest BCUT2D eigenvalue weighted by Crippen LogP contribution is -2.33. The Morgan fingerprint density at radius 1 is 1.67 bits per heavy atom. The number of halogens is 2. The summed E-state index contributed by atoms with van der Waals surface area (Å²) < 4.78 is 34.3. The summed E-state index contributed by atoms with van der Waals surface area (Å²) in [6.45, 7) is 0. The molecule has 0 aromatic carbocycles. The zero-order valence-electron chi connectivity index (χ0n) is 8.00. The summed E-state index contributed by atoms with van der Waals surface area (Å²) in [4.78, 5) is 11.0. The molecule has 6 heteroatoms. The maximum absolute atomic E-state index is 12.6. The zero-order valence-corrected chi connectivity index (χ0v) is 8.00. The Balaban J connectivity index is 2.06. The van der Waals surface area contributed by atoms with Crippen molar-refractivity contribution in [3.8, 4) is 0 Å². The fourth-order valence-electron chi connectivity index (χ4n) is 1.54. The lowest BCUT2D eigenvalue weighted by atomic mass is 9.80. The Morgan fingerprint density at radius 3 is 2.87 bits per heavy atom. The van der Waals surface area contributed by atoms with Crippen LogP contribution in [0.4, 0.5) is 8.78 Å². The molecule has 82 valence electrons. The monoisotopic (exact) mass is 217 g/mol. The van der Waals surface area contributed by atoms with Gasteiger partial charge < -0.3 is 9.26 Å². The van der Waals surface area contributed by atoms with Gasteiger partial charge in [0.15, 0.2) is 5.69 Å². The van der Waals surface area contributed by atoms with Crippen molar-refractivity contribution in [3.05, 3.63) is 17.5 Å². The summed E-state index contributed by atoms with van der Waals surface area (Å²) in [6.07, 6.45) is -0.494. The van der Waals surface area contributed by atoms with Gasteiger partial charge in [0, 0.05) is 24.8 Å². The number of rotatable bonds is 2. The van der Waals surface area contributed by atoms with Gasteiger partial charge in [-0.15, -0.1) is 0 Å². The van der Waals surface area contributed by atoms with Crippen LogP contribution < -0.4 is 0 Å². The number of carbonyl (C=O) groups excluding carboxylic acids is 1. The molecule has 0 spiro atoms. The SMILES string of the molecule is COC(=O)c1cc(C2CC(F)(F)C2)on1. The van der Waals surface area contributed by atoms with Crippen molar-refractivity contribution < 1.29 is 22.8 Å². The van der Waals surface area contributed by atoms with Gasteiger partial charge in [0.05, 0.1) is 7.11 Å². The third-order valence-corrected chi connectivity index (χ3v) is 2.42.